The Morgan fingerprint density at radius 3 is 2.21 bits per heavy atom. The maximum Gasteiger partial charge on any atom is 0.243 e. The number of aliphatic hydroxyl groups is 1. The number of aliphatic hydroxyl groups excluding tert-OH is 1. The van der Waals surface area contributed by atoms with Gasteiger partial charge in [-0.2, -0.15) is 0 Å². The molecule has 208 valence electrons. The lowest BCUT2D eigenvalue weighted by atomic mass is 9.82. The van der Waals surface area contributed by atoms with Gasteiger partial charge in [-0.15, -0.1) is 0 Å². The number of carbonyl (C=O) groups excluding carboxylic acids is 4. The van der Waals surface area contributed by atoms with E-state index >= 15 is 0 Å². The molecular formula is C28H39N3O7. The summed E-state index contributed by atoms with van der Waals surface area (Å²) in [4.78, 5) is 51.9. The lowest BCUT2D eigenvalue weighted by Gasteiger charge is -2.31. The molecule has 0 radical (unpaired) electrons. The van der Waals surface area contributed by atoms with Crippen LogP contribution < -0.4 is 20.7 Å². The van der Waals surface area contributed by atoms with Gasteiger partial charge in [0.15, 0.2) is 5.78 Å². The summed E-state index contributed by atoms with van der Waals surface area (Å²) in [6.07, 6.45) is 4.88. The number of nitrogens with one attached hydrogen (secondary N) is 3. The first-order valence-electron chi connectivity index (χ1n) is 13.6. The molecule has 4 N–H and O–H groups in total. The predicted molar refractivity (Wildman–Crippen MR) is 138 cm³/mol. The second-order valence-electron chi connectivity index (χ2n) is 10.8. The summed E-state index contributed by atoms with van der Waals surface area (Å²) in [5.74, 6) is -0.641. The summed E-state index contributed by atoms with van der Waals surface area (Å²) >= 11 is 0. The number of benzene rings is 1. The number of rotatable bonds is 13. The van der Waals surface area contributed by atoms with Crippen molar-refractivity contribution in [2.24, 2.45) is 11.8 Å². The molecule has 1 aromatic rings. The quantitative estimate of drug-likeness (QED) is 0.279. The Balaban J connectivity index is 1.44. The molecule has 0 aromatic heterocycles. The van der Waals surface area contributed by atoms with Gasteiger partial charge in [-0.1, -0.05) is 37.8 Å². The third-order valence-electron chi connectivity index (χ3n) is 7.82. The van der Waals surface area contributed by atoms with Crippen LogP contribution in [0.4, 0.5) is 0 Å². The maximum absolute atomic E-state index is 13.5. The number of epoxide rings is 1. The molecule has 1 saturated heterocycles. The Labute approximate surface area is 223 Å². The first kappa shape index (κ1) is 28.0. The van der Waals surface area contributed by atoms with Gasteiger partial charge in [-0.05, 0) is 49.8 Å². The molecule has 3 amide bonds. The zero-order valence-corrected chi connectivity index (χ0v) is 22.1. The zero-order valence-electron chi connectivity index (χ0n) is 22.1. The van der Waals surface area contributed by atoms with Gasteiger partial charge in [0, 0.05) is 12.3 Å². The SMILES string of the molecule is COc1ccc(C[C@H](NC(=O)[C@@H](C)NC(=O)[C@H]2C[C@H](O)C2)C(=O)N[C@@H](CC2CCCC2)C(=O)[C@H]2CO2)cc1. The maximum atomic E-state index is 13.5. The van der Waals surface area contributed by atoms with Gasteiger partial charge in [0.1, 0.15) is 23.9 Å². The van der Waals surface area contributed by atoms with Crippen molar-refractivity contribution in [3.8, 4) is 5.75 Å². The lowest BCUT2D eigenvalue weighted by Crippen LogP contribution is -2.57. The van der Waals surface area contributed by atoms with Crippen LogP contribution >= 0.6 is 0 Å². The highest BCUT2D eigenvalue weighted by Crippen LogP contribution is 2.30. The van der Waals surface area contributed by atoms with Crippen molar-refractivity contribution in [3.63, 3.8) is 0 Å². The Bertz CT molecular complexity index is 998. The van der Waals surface area contributed by atoms with Crippen molar-refractivity contribution in [3.05, 3.63) is 29.8 Å². The number of amides is 3. The van der Waals surface area contributed by atoms with Gasteiger partial charge in [0.2, 0.25) is 17.7 Å². The van der Waals surface area contributed by atoms with E-state index in [4.69, 9.17) is 9.47 Å². The van der Waals surface area contributed by atoms with Gasteiger partial charge in [-0.25, -0.2) is 0 Å². The molecule has 0 spiro atoms. The van der Waals surface area contributed by atoms with Gasteiger partial charge in [-0.3, -0.25) is 19.2 Å². The largest absolute Gasteiger partial charge is 0.497 e. The van der Waals surface area contributed by atoms with E-state index in [0.29, 0.717) is 37.5 Å². The minimum Gasteiger partial charge on any atom is -0.497 e. The van der Waals surface area contributed by atoms with E-state index in [1.54, 1.807) is 26.2 Å². The van der Waals surface area contributed by atoms with Crippen LogP contribution in [0.25, 0.3) is 0 Å². The normalized spacial score (nSPS) is 24.9. The van der Waals surface area contributed by atoms with E-state index in [2.05, 4.69) is 16.0 Å². The summed E-state index contributed by atoms with van der Waals surface area (Å²) in [6, 6.07) is 4.69. The summed E-state index contributed by atoms with van der Waals surface area (Å²) in [7, 11) is 1.57. The third-order valence-corrected chi connectivity index (χ3v) is 7.82. The van der Waals surface area contributed by atoms with Crippen molar-refractivity contribution in [1.82, 2.24) is 16.0 Å². The van der Waals surface area contributed by atoms with Crippen molar-refractivity contribution in [2.75, 3.05) is 13.7 Å². The molecule has 4 atom stereocenters. The van der Waals surface area contributed by atoms with Crippen LogP contribution in [0.2, 0.25) is 0 Å². The molecule has 1 aliphatic heterocycles. The molecule has 10 heteroatoms. The molecule has 1 aromatic carbocycles. The Hall–Kier alpha value is -2.98. The van der Waals surface area contributed by atoms with Crippen LogP contribution in [0.3, 0.4) is 0 Å². The molecule has 4 rings (SSSR count). The van der Waals surface area contributed by atoms with E-state index in [1.807, 2.05) is 12.1 Å². The summed E-state index contributed by atoms with van der Waals surface area (Å²) in [5.41, 5.74) is 0.801. The van der Waals surface area contributed by atoms with Gasteiger partial charge < -0.3 is 30.5 Å². The van der Waals surface area contributed by atoms with Crippen LogP contribution in [-0.2, 0) is 30.3 Å². The smallest absolute Gasteiger partial charge is 0.243 e. The fraction of sp³-hybridized carbons (Fsp3) is 0.643. The highest BCUT2D eigenvalue weighted by atomic mass is 16.6. The summed E-state index contributed by atoms with van der Waals surface area (Å²) in [6.45, 7) is 1.93. The molecule has 10 nitrogen and oxygen atoms in total. The fourth-order valence-corrected chi connectivity index (χ4v) is 5.24. The second-order valence-corrected chi connectivity index (χ2v) is 10.8. The average Bonchev–Trinajstić information content (AvgIpc) is 3.61. The summed E-state index contributed by atoms with van der Waals surface area (Å²) in [5, 5.41) is 17.8. The molecule has 3 aliphatic rings. The van der Waals surface area contributed by atoms with Gasteiger partial charge >= 0.3 is 0 Å². The molecule has 38 heavy (non-hydrogen) atoms. The molecule has 0 bridgehead atoms. The van der Waals surface area contributed by atoms with Crippen LogP contribution in [0.15, 0.2) is 24.3 Å². The number of Topliss-reactive ketones (excluding diaryl/α,β-unsaturated/α-hetero) is 1. The highest BCUT2D eigenvalue weighted by Gasteiger charge is 2.39. The van der Waals surface area contributed by atoms with E-state index in [9.17, 15) is 24.3 Å². The lowest BCUT2D eigenvalue weighted by molar-refractivity contribution is -0.136. The predicted octanol–water partition coefficient (Wildman–Crippen LogP) is 1.03. The number of methoxy groups -OCH3 is 1. The minimum atomic E-state index is -0.959. The first-order chi connectivity index (χ1) is 18.2. The van der Waals surface area contributed by atoms with Crippen molar-refractivity contribution in [2.45, 2.75) is 88.6 Å². The molecule has 1 heterocycles. The third kappa shape index (κ3) is 7.54. The van der Waals surface area contributed by atoms with Crippen LogP contribution in [0, 0.1) is 11.8 Å². The van der Waals surface area contributed by atoms with Crippen molar-refractivity contribution >= 4 is 23.5 Å². The Kier molecular flexibility index (Phi) is 9.38. The molecule has 3 fully saturated rings. The topological polar surface area (TPSA) is 146 Å². The number of carbonyl (C=O) groups is 4. The van der Waals surface area contributed by atoms with Crippen molar-refractivity contribution in [1.29, 1.82) is 0 Å². The van der Waals surface area contributed by atoms with Gasteiger partial charge in [0.05, 0.1) is 25.9 Å². The first-order valence-corrected chi connectivity index (χ1v) is 13.6. The van der Waals surface area contributed by atoms with E-state index < -0.39 is 42.1 Å². The Morgan fingerprint density at radius 2 is 1.63 bits per heavy atom. The number of ketones is 1. The average molecular weight is 530 g/mol. The second kappa shape index (κ2) is 12.7. The highest BCUT2D eigenvalue weighted by molar-refractivity contribution is 5.96. The van der Waals surface area contributed by atoms with E-state index in [0.717, 1.165) is 31.2 Å². The number of ether oxygens (including phenoxy) is 2. The molecule has 2 saturated carbocycles. The van der Waals surface area contributed by atoms with Crippen LogP contribution in [0.5, 0.6) is 5.75 Å². The summed E-state index contributed by atoms with van der Waals surface area (Å²) < 4.78 is 10.4. The molecule has 0 unspecified atom stereocenters. The fourth-order valence-electron chi connectivity index (χ4n) is 5.24. The van der Waals surface area contributed by atoms with Crippen LogP contribution in [-0.4, -0.2) is 72.7 Å². The monoisotopic (exact) mass is 529 g/mol. The number of hydrogen-bond donors (Lipinski definition) is 4. The van der Waals surface area contributed by atoms with Crippen molar-refractivity contribution < 1.29 is 33.8 Å². The van der Waals surface area contributed by atoms with Gasteiger partial charge in [0.25, 0.3) is 0 Å². The van der Waals surface area contributed by atoms with E-state index in [1.165, 1.54) is 0 Å². The minimum absolute atomic E-state index is 0.122. The zero-order chi connectivity index (χ0) is 27.2. The van der Waals surface area contributed by atoms with E-state index in [-0.39, 0.29) is 24.0 Å². The Morgan fingerprint density at radius 1 is 1.00 bits per heavy atom. The number of hydrogen-bond acceptors (Lipinski definition) is 7. The standard InChI is InChI=1S/C28H39N3O7/c1-16(29-27(35)19-13-20(32)14-19)26(34)31-23(12-18-7-9-21(37-2)10-8-18)28(36)30-22(25(33)24-15-38-24)11-17-5-3-4-6-17/h7-10,16-17,19-20,22-24,32H,3-6,11-15H2,1-2H3,(H,29,35)(H,30,36)(H,31,34)/t16-,19-,20-,22+,23+,24-/m1/s1. The molecule has 2 aliphatic carbocycles. The molecular weight excluding hydrogens is 490 g/mol. The van der Waals surface area contributed by atoms with Crippen LogP contribution in [0.1, 0.15) is 57.4 Å².